The van der Waals surface area contributed by atoms with Gasteiger partial charge < -0.3 is 4.90 Å². The van der Waals surface area contributed by atoms with Gasteiger partial charge in [0.2, 0.25) is 4.77 Å². The number of quaternary nitrogens is 1. The van der Waals surface area contributed by atoms with Gasteiger partial charge in [0.1, 0.15) is 11.6 Å². The lowest BCUT2D eigenvalue weighted by Gasteiger charge is -2.11. The molecule has 4 aromatic rings. The summed E-state index contributed by atoms with van der Waals surface area (Å²) in [5.74, 6) is 0.811. The number of thiazole rings is 1. The van der Waals surface area contributed by atoms with Gasteiger partial charge in [0.05, 0.1) is 17.3 Å². The van der Waals surface area contributed by atoms with E-state index < -0.39 is 0 Å². The van der Waals surface area contributed by atoms with Crippen LogP contribution in [-0.2, 0) is 19.8 Å². The minimum Gasteiger partial charge on any atom is -0.313 e. The molecule has 8 heteroatoms. The van der Waals surface area contributed by atoms with Crippen LogP contribution in [0.1, 0.15) is 5.01 Å². The first-order valence-electron chi connectivity index (χ1n) is 9.00. The molecule has 0 aliphatic heterocycles. The summed E-state index contributed by atoms with van der Waals surface area (Å²) in [5.41, 5.74) is 2.00. The van der Waals surface area contributed by atoms with Crippen molar-refractivity contribution in [1.29, 1.82) is 0 Å². The van der Waals surface area contributed by atoms with Crippen LogP contribution in [0.3, 0.4) is 0 Å². The second kappa shape index (κ2) is 8.14. The average Bonchev–Trinajstić information content (AvgIpc) is 3.24. The van der Waals surface area contributed by atoms with Crippen molar-refractivity contribution in [2.45, 2.75) is 19.8 Å². The number of nitrogens with one attached hydrogen (secondary N) is 1. The van der Waals surface area contributed by atoms with E-state index in [4.69, 9.17) is 22.3 Å². The first-order valence-corrected chi connectivity index (χ1v) is 10.2. The molecule has 3 aromatic heterocycles. The minimum absolute atomic E-state index is 0.611. The maximum absolute atomic E-state index is 5.68. The Bertz CT molecular complexity index is 1130. The predicted molar refractivity (Wildman–Crippen MR) is 115 cm³/mol. The summed E-state index contributed by atoms with van der Waals surface area (Å²) < 4.78 is 5.77. The molecule has 3 heterocycles. The first kappa shape index (κ1) is 18.7. The third-order valence-electron chi connectivity index (χ3n) is 4.37. The summed E-state index contributed by atoms with van der Waals surface area (Å²) in [6.07, 6.45) is 5.39. The summed E-state index contributed by atoms with van der Waals surface area (Å²) in [5, 5.41) is 5.89. The lowest BCUT2D eigenvalue weighted by molar-refractivity contribution is -0.917. The Kier molecular flexibility index (Phi) is 5.43. The van der Waals surface area contributed by atoms with Crippen molar-refractivity contribution in [3.8, 4) is 11.4 Å². The molecule has 1 unspecified atom stereocenters. The van der Waals surface area contributed by atoms with Gasteiger partial charge in [0.25, 0.3) is 0 Å². The molecular weight excluding hydrogens is 388 g/mol. The molecule has 0 aliphatic carbocycles. The van der Waals surface area contributed by atoms with E-state index in [2.05, 4.69) is 30.7 Å². The van der Waals surface area contributed by atoms with E-state index in [0.29, 0.717) is 18.0 Å². The van der Waals surface area contributed by atoms with Gasteiger partial charge in [-0.2, -0.15) is 4.68 Å². The molecule has 0 saturated heterocycles. The van der Waals surface area contributed by atoms with Gasteiger partial charge in [-0.25, -0.2) is 4.98 Å². The zero-order valence-corrected chi connectivity index (χ0v) is 17.2. The molecule has 6 nitrogen and oxygen atoms in total. The number of nitrogens with zero attached hydrogens (tertiary/aromatic N) is 5. The molecule has 0 spiro atoms. The zero-order chi connectivity index (χ0) is 19.5. The lowest BCUT2D eigenvalue weighted by atomic mass is 10.3. The van der Waals surface area contributed by atoms with E-state index >= 15 is 0 Å². The van der Waals surface area contributed by atoms with Crippen molar-refractivity contribution in [3.05, 3.63) is 71.2 Å². The fourth-order valence-electron chi connectivity index (χ4n) is 3.11. The molecule has 0 radical (unpaired) electrons. The van der Waals surface area contributed by atoms with Crippen LogP contribution in [0.2, 0.25) is 0 Å². The maximum Gasteiger partial charge on any atom is 0.203 e. The molecule has 28 heavy (non-hydrogen) atoms. The first-order chi connectivity index (χ1) is 13.7. The average molecular weight is 410 g/mol. The van der Waals surface area contributed by atoms with E-state index in [1.165, 1.54) is 9.60 Å². The number of rotatable bonds is 7. The van der Waals surface area contributed by atoms with E-state index in [1.54, 1.807) is 23.7 Å². The summed E-state index contributed by atoms with van der Waals surface area (Å²) in [7, 11) is 2.13. The third kappa shape index (κ3) is 3.80. The highest BCUT2D eigenvalue weighted by Crippen LogP contribution is 2.21. The number of benzene rings is 1. The molecule has 1 N–H and O–H groups in total. The van der Waals surface area contributed by atoms with Gasteiger partial charge in [-0.05, 0) is 36.5 Å². The minimum atomic E-state index is 0.611. The number of para-hydroxylation sites is 1. The summed E-state index contributed by atoms with van der Waals surface area (Å²) in [4.78, 5) is 10.2. The topological polar surface area (TPSA) is 53.0 Å². The van der Waals surface area contributed by atoms with Crippen LogP contribution < -0.4 is 4.90 Å². The number of aromatic nitrogens is 5. The Morgan fingerprint density at radius 1 is 1.25 bits per heavy atom. The van der Waals surface area contributed by atoms with Gasteiger partial charge in [-0.3, -0.25) is 9.55 Å². The fourth-order valence-corrected chi connectivity index (χ4v) is 4.46. The van der Waals surface area contributed by atoms with E-state index in [0.717, 1.165) is 28.5 Å². The molecular formula is C20H21N6S2+. The number of fused-ring (bicyclic) bond motifs is 1. The summed E-state index contributed by atoms with van der Waals surface area (Å²) >= 11 is 7.42. The predicted octanol–water partition coefficient (Wildman–Crippen LogP) is 2.94. The smallest absolute Gasteiger partial charge is 0.203 e. The van der Waals surface area contributed by atoms with E-state index in [1.807, 2.05) is 39.6 Å². The van der Waals surface area contributed by atoms with Crippen molar-refractivity contribution in [1.82, 2.24) is 24.3 Å². The molecule has 0 bridgehead atoms. The van der Waals surface area contributed by atoms with E-state index in [-0.39, 0.29) is 0 Å². The quantitative estimate of drug-likeness (QED) is 0.377. The molecule has 142 valence electrons. The Balaban J connectivity index is 1.58. The van der Waals surface area contributed by atoms with Crippen LogP contribution in [0.5, 0.6) is 0 Å². The number of hydrogen-bond donors (Lipinski definition) is 1. The van der Waals surface area contributed by atoms with Crippen LogP contribution in [0.4, 0.5) is 0 Å². The molecule has 1 atom stereocenters. The third-order valence-corrected chi connectivity index (χ3v) is 5.83. The Labute approximate surface area is 172 Å². The zero-order valence-electron chi connectivity index (χ0n) is 15.6. The van der Waals surface area contributed by atoms with Crippen LogP contribution in [0.15, 0.2) is 61.4 Å². The fraction of sp³-hybridized carbons (Fsp3) is 0.200. The summed E-state index contributed by atoms with van der Waals surface area (Å²) in [6, 6.07) is 12.1. The number of pyridine rings is 1. The molecule has 4 rings (SSSR count). The van der Waals surface area contributed by atoms with Crippen molar-refractivity contribution < 1.29 is 4.90 Å². The van der Waals surface area contributed by atoms with Crippen molar-refractivity contribution in [3.63, 3.8) is 0 Å². The molecule has 0 aliphatic rings. The van der Waals surface area contributed by atoms with Gasteiger partial charge in [0, 0.05) is 24.5 Å². The standard InChI is InChI=1S/C20H20N6S2/c1-3-11-25-19(15-7-6-10-21-12-15)23-26(20(25)27)14-24(2)13-18-22-16-8-4-5-9-17(16)28-18/h3-10,12H,1,11,13-14H2,2H3/p+1. The van der Waals surface area contributed by atoms with Crippen molar-refractivity contribution in [2.75, 3.05) is 7.05 Å². The second-order valence-corrected chi connectivity index (χ2v) is 8.09. The highest BCUT2D eigenvalue weighted by atomic mass is 32.1. The van der Waals surface area contributed by atoms with Crippen molar-refractivity contribution >= 4 is 33.8 Å². The Morgan fingerprint density at radius 3 is 2.86 bits per heavy atom. The van der Waals surface area contributed by atoms with Crippen LogP contribution in [-0.4, -0.2) is 31.4 Å². The lowest BCUT2D eigenvalue weighted by Crippen LogP contribution is -3.07. The normalized spacial score (nSPS) is 12.3. The van der Waals surface area contributed by atoms with Gasteiger partial charge in [-0.15, -0.1) is 23.0 Å². The molecule has 0 saturated carbocycles. The highest BCUT2D eigenvalue weighted by molar-refractivity contribution is 7.71. The Morgan fingerprint density at radius 2 is 2.11 bits per heavy atom. The summed E-state index contributed by atoms with van der Waals surface area (Å²) in [6.45, 7) is 5.93. The van der Waals surface area contributed by atoms with Gasteiger partial charge in [0.15, 0.2) is 12.5 Å². The molecule has 0 fully saturated rings. The monoisotopic (exact) mass is 409 g/mol. The van der Waals surface area contributed by atoms with Crippen LogP contribution in [0.25, 0.3) is 21.6 Å². The molecule has 0 amide bonds. The SMILES string of the molecule is C=CCn1c(-c2cccnc2)nn(C[NH+](C)Cc2nc3ccccc3s2)c1=S. The van der Waals surface area contributed by atoms with Gasteiger partial charge >= 0.3 is 0 Å². The molecule has 1 aromatic carbocycles. The number of hydrogen-bond acceptors (Lipinski definition) is 5. The number of allylic oxidation sites excluding steroid dienone is 1. The van der Waals surface area contributed by atoms with Gasteiger partial charge in [-0.1, -0.05) is 18.2 Å². The Hall–Kier alpha value is -2.68. The van der Waals surface area contributed by atoms with E-state index in [9.17, 15) is 0 Å². The van der Waals surface area contributed by atoms with Crippen LogP contribution in [0, 0.1) is 4.77 Å². The van der Waals surface area contributed by atoms with Crippen LogP contribution >= 0.6 is 23.6 Å². The second-order valence-electron chi connectivity index (χ2n) is 6.61. The van der Waals surface area contributed by atoms with Crippen molar-refractivity contribution in [2.24, 2.45) is 0 Å². The largest absolute Gasteiger partial charge is 0.313 e. The maximum atomic E-state index is 5.68. The highest BCUT2D eigenvalue weighted by Gasteiger charge is 2.16.